The van der Waals surface area contributed by atoms with Crippen molar-refractivity contribution < 1.29 is 14.6 Å². The zero-order valence-corrected chi connectivity index (χ0v) is 11.8. The Labute approximate surface area is 123 Å². The lowest BCUT2D eigenvalue weighted by atomic mass is 9.99. The van der Waals surface area contributed by atoms with Gasteiger partial charge in [0, 0.05) is 17.7 Å². The molecule has 2 N–H and O–H groups in total. The summed E-state index contributed by atoms with van der Waals surface area (Å²) in [6.07, 6.45) is 0.886. The zero-order valence-electron chi connectivity index (χ0n) is 11.8. The maximum Gasteiger partial charge on any atom is 0.335 e. The molecule has 0 aromatic heterocycles. The number of aromatic carboxylic acids is 1. The van der Waals surface area contributed by atoms with Crippen LogP contribution in [0, 0.1) is 6.92 Å². The van der Waals surface area contributed by atoms with Crippen LogP contribution in [0.25, 0.3) is 0 Å². The van der Waals surface area contributed by atoms with Gasteiger partial charge >= 0.3 is 5.97 Å². The van der Waals surface area contributed by atoms with E-state index in [1.165, 1.54) is 0 Å². The lowest BCUT2D eigenvalue weighted by molar-refractivity contribution is 0.0696. The Balaban J connectivity index is 1.85. The van der Waals surface area contributed by atoms with Crippen molar-refractivity contribution >= 4 is 11.7 Å². The first-order chi connectivity index (χ1) is 10.1. The molecule has 0 saturated heterocycles. The number of carboxylic acid groups (broad SMARTS) is 1. The van der Waals surface area contributed by atoms with Crippen LogP contribution in [0.15, 0.2) is 42.5 Å². The number of aryl methyl sites for hydroxylation is 1. The molecule has 3 rings (SSSR count). The van der Waals surface area contributed by atoms with Crippen molar-refractivity contribution in [2.75, 3.05) is 11.9 Å². The van der Waals surface area contributed by atoms with Crippen molar-refractivity contribution in [2.24, 2.45) is 0 Å². The lowest BCUT2D eigenvalue weighted by Crippen LogP contribution is -2.20. The molecule has 4 nitrogen and oxygen atoms in total. The van der Waals surface area contributed by atoms with Crippen molar-refractivity contribution in [1.29, 1.82) is 0 Å². The van der Waals surface area contributed by atoms with Crippen LogP contribution in [-0.4, -0.2) is 17.7 Å². The highest BCUT2D eigenvalue weighted by Gasteiger charge is 2.21. The number of hydrogen-bond acceptors (Lipinski definition) is 3. The molecule has 4 heteroatoms. The molecule has 1 aliphatic rings. The third kappa shape index (κ3) is 2.70. The van der Waals surface area contributed by atoms with E-state index in [0.29, 0.717) is 12.2 Å². The molecule has 2 aromatic carbocycles. The summed E-state index contributed by atoms with van der Waals surface area (Å²) in [6, 6.07) is 13.5. The van der Waals surface area contributed by atoms with Gasteiger partial charge in [0.25, 0.3) is 0 Å². The molecular formula is C17H17NO3. The van der Waals surface area contributed by atoms with Crippen molar-refractivity contribution in [3.8, 4) is 5.75 Å². The summed E-state index contributed by atoms with van der Waals surface area (Å²) < 4.78 is 5.65. The number of rotatable bonds is 3. The second-order valence-electron chi connectivity index (χ2n) is 5.21. The number of para-hydroxylation sites is 1. The van der Waals surface area contributed by atoms with Crippen LogP contribution < -0.4 is 10.1 Å². The van der Waals surface area contributed by atoms with Crippen LogP contribution in [-0.2, 0) is 0 Å². The number of benzene rings is 2. The third-order valence-corrected chi connectivity index (χ3v) is 3.76. The van der Waals surface area contributed by atoms with Crippen LogP contribution in [0.4, 0.5) is 5.69 Å². The summed E-state index contributed by atoms with van der Waals surface area (Å²) in [4.78, 5) is 11.0. The predicted octanol–water partition coefficient (Wildman–Crippen LogP) is 3.63. The minimum atomic E-state index is -0.893. The van der Waals surface area contributed by atoms with Gasteiger partial charge in [-0.2, -0.15) is 0 Å². The van der Waals surface area contributed by atoms with Gasteiger partial charge in [0.1, 0.15) is 5.75 Å². The highest BCUT2D eigenvalue weighted by Crippen LogP contribution is 2.34. The highest BCUT2D eigenvalue weighted by atomic mass is 16.5. The van der Waals surface area contributed by atoms with E-state index in [2.05, 4.69) is 11.4 Å². The molecule has 1 unspecified atom stereocenters. The smallest absolute Gasteiger partial charge is 0.335 e. The summed E-state index contributed by atoms with van der Waals surface area (Å²) in [7, 11) is 0. The number of fused-ring (bicyclic) bond motifs is 1. The zero-order chi connectivity index (χ0) is 14.8. The fraction of sp³-hybridized carbons (Fsp3) is 0.235. The minimum Gasteiger partial charge on any atom is -0.493 e. The van der Waals surface area contributed by atoms with Gasteiger partial charge in [-0.3, -0.25) is 0 Å². The number of anilines is 1. The van der Waals surface area contributed by atoms with Crippen LogP contribution in [0.5, 0.6) is 5.75 Å². The molecule has 0 bridgehead atoms. The summed E-state index contributed by atoms with van der Waals surface area (Å²) in [5.74, 6) is 0.0237. The molecule has 0 spiro atoms. The Kier molecular flexibility index (Phi) is 3.52. The third-order valence-electron chi connectivity index (χ3n) is 3.76. The summed E-state index contributed by atoms with van der Waals surface area (Å²) >= 11 is 0. The number of carboxylic acids is 1. The lowest BCUT2D eigenvalue weighted by Gasteiger charge is -2.27. The highest BCUT2D eigenvalue weighted by molar-refractivity contribution is 5.89. The van der Waals surface area contributed by atoms with Gasteiger partial charge in [-0.25, -0.2) is 4.79 Å². The second-order valence-corrected chi connectivity index (χ2v) is 5.21. The van der Waals surface area contributed by atoms with Crippen LogP contribution in [0.2, 0.25) is 0 Å². The predicted molar refractivity (Wildman–Crippen MR) is 81.1 cm³/mol. The van der Waals surface area contributed by atoms with E-state index in [1.54, 1.807) is 6.07 Å². The monoisotopic (exact) mass is 283 g/mol. The largest absolute Gasteiger partial charge is 0.493 e. The normalized spacial score (nSPS) is 16.7. The van der Waals surface area contributed by atoms with Crippen molar-refractivity contribution in [3.63, 3.8) is 0 Å². The minimum absolute atomic E-state index is 0.185. The summed E-state index contributed by atoms with van der Waals surface area (Å²) in [6.45, 7) is 2.49. The first-order valence-electron chi connectivity index (χ1n) is 6.97. The Morgan fingerprint density at radius 2 is 2.10 bits per heavy atom. The molecule has 0 amide bonds. The summed E-state index contributed by atoms with van der Waals surface area (Å²) in [5.41, 5.74) is 3.17. The van der Waals surface area contributed by atoms with E-state index in [-0.39, 0.29) is 6.04 Å². The first kappa shape index (κ1) is 13.5. The maximum atomic E-state index is 11.0. The fourth-order valence-corrected chi connectivity index (χ4v) is 2.69. The second kappa shape index (κ2) is 5.48. The van der Waals surface area contributed by atoms with Crippen molar-refractivity contribution in [3.05, 3.63) is 59.2 Å². The van der Waals surface area contributed by atoms with Gasteiger partial charge < -0.3 is 15.2 Å². The van der Waals surface area contributed by atoms with E-state index < -0.39 is 5.97 Å². The van der Waals surface area contributed by atoms with Crippen LogP contribution in [0.1, 0.15) is 33.9 Å². The topological polar surface area (TPSA) is 58.6 Å². The van der Waals surface area contributed by atoms with Crippen molar-refractivity contribution in [1.82, 2.24) is 0 Å². The quantitative estimate of drug-likeness (QED) is 0.903. The van der Waals surface area contributed by atoms with Gasteiger partial charge in [0.2, 0.25) is 0 Å². The van der Waals surface area contributed by atoms with Crippen molar-refractivity contribution in [2.45, 2.75) is 19.4 Å². The summed E-state index contributed by atoms with van der Waals surface area (Å²) in [5, 5.41) is 12.5. The average Bonchev–Trinajstić information content (AvgIpc) is 2.47. The van der Waals surface area contributed by atoms with E-state index in [4.69, 9.17) is 9.84 Å². The van der Waals surface area contributed by atoms with Gasteiger partial charge in [0.15, 0.2) is 0 Å². The fourth-order valence-electron chi connectivity index (χ4n) is 2.69. The first-order valence-corrected chi connectivity index (χ1v) is 6.97. The van der Waals surface area contributed by atoms with E-state index >= 15 is 0 Å². The molecule has 0 saturated carbocycles. The Bertz CT molecular complexity index is 681. The molecule has 1 atom stereocenters. The molecule has 2 aromatic rings. The Hall–Kier alpha value is -2.49. The van der Waals surface area contributed by atoms with E-state index in [1.807, 2.05) is 37.3 Å². The molecule has 108 valence electrons. The molecule has 0 aliphatic carbocycles. The Morgan fingerprint density at radius 1 is 1.29 bits per heavy atom. The standard InChI is InChI=1S/C17H17NO3/c1-11-10-12(6-7-13(11)17(19)20)18-15-8-9-21-16-5-3-2-4-14(15)16/h2-7,10,15,18H,8-9H2,1H3,(H,19,20). The van der Waals surface area contributed by atoms with Gasteiger partial charge in [0.05, 0.1) is 18.2 Å². The molecular weight excluding hydrogens is 266 g/mol. The molecule has 21 heavy (non-hydrogen) atoms. The maximum absolute atomic E-state index is 11.0. The Morgan fingerprint density at radius 3 is 2.86 bits per heavy atom. The van der Waals surface area contributed by atoms with Gasteiger partial charge in [-0.15, -0.1) is 0 Å². The van der Waals surface area contributed by atoms with Gasteiger partial charge in [-0.05, 0) is 36.8 Å². The number of nitrogens with one attached hydrogen (secondary N) is 1. The molecule has 0 radical (unpaired) electrons. The van der Waals surface area contributed by atoms with Crippen LogP contribution in [0.3, 0.4) is 0 Å². The number of ether oxygens (including phenoxy) is 1. The number of hydrogen-bond donors (Lipinski definition) is 2. The van der Waals surface area contributed by atoms with E-state index in [9.17, 15) is 4.79 Å². The number of carbonyl (C=O) groups is 1. The molecule has 1 heterocycles. The SMILES string of the molecule is Cc1cc(NC2CCOc3ccccc32)ccc1C(=O)O. The van der Waals surface area contributed by atoms with Gasteiger partial charge in [-0.1, -0.05) is 18.2 Å². The average molecular weight is 283 g/mol. The molecule has 0 fully saturated rings. The molecule has 1 aliphatic heterocycles. The van der Waals surface area contributed by atoms with E-state index in [0.717, 1.165) is 29.0 Å². The van der Waals surface area contributed by atoms with Crippen LogP contribution >= 0.6 is 0 Å².